The van der Waals surface area contributed by atoms with Gasteiger partial charge in [0.15, 0.2) is 11.5 Å². The minimum atomic E-state index is -5.02. The lowest BCUT2D eigenvalue weighted by Gasteiger charge is -2.16. The van der Waals surface area contributed by atoms with E-state index in [9.17, 15) is 22.0 Å². The highest BCUT2D eigenvalue weighted by molar-refractivity contribution is 5.47. The fourth-order valence-corrected chi connectivity index (χ4v) is 1.29. The van der Waals surface area contributed by atoms with Crippen LogP contribution in [0.15, 0.2) is 6.20 Å². The molecule has 1 heterocycles. The summed E-state index contributed by atoms with van der Waals surface area (Å²) in [4.78, 5) is 3.13. The zero-order valence-corrected chi connectivity index (χ0v) is 8.96. The van der Waals surface area contributed by atoms with Gasteiger partial charge in [0.05, 0.1) is 25.5 Å². The van der Waals surface area contributed by atoms with Gasteiger partial charge >= 0.3 is 6.36 Å². The van der Waals surface area contributed by atoms with Gasteiger partial charge in [-0.1, -0.05) is 0 Å². The number of aromatic nitrogens is 1. The van der Waals surface area contributed by atoms with Crippen LogP contribution >= 0.6 is 0 Å². The Morgan fingerprint density at radius 2 is 2.00 bits per heavy atom. The Bertz CT molecular complexity index is 421. The van der Waals surface area contributed by atoms with Crippen LogP contribution in [0.5, 0.6) is 11.5 Å². The first-order chi connectivity index (χ1) is 8.30. The molecule has 9 heteroatoms. The predicted octanol–water partition coefficient (Wildman–Crippen LogP) is 2.42. The topological polar surface area (TPSA) is 51.6 Å². The highest BCUT2D eigenvalue weighted by Gasteiger charge is 2.34. The molecule has 0 aliphatic rings. The van der Waals surface area contributed by atoms with Gasteiger partial charge in [-0.25, -0.2) is 8.78 Å². The number of ether oxygens (including phenoxy) is 2. The van der Waals surface area contributed by atoms with Gasteiger partial charge in [0.1, 0.15) is 5.69 Å². The summed E-state index contributed by atoms with van der Waals surface area (Å²) in [6, 6.07) is 0. The van der Waals surface area contributed by atoms with Crippen LogP contribution in [-0.2, 0) is 6.61 Å². The third-order valence-corrected chi connectivity index (χ3v) is 1.92. The number of alkyl halides is 5. The molecule has 0 radical (unpaired) electrons. The molecule has 0 bridgehead atoms. The summed E-state index contributed by atoms with van der Waals surface area (Å²) in [7, 11) is 0.965. The van der Waals surface area contributed by atoms with Crippen LogP contribution in [0.3, 0.4) is 0 Å². The number of aliphatic hydroxyl groups excluding tert-OH is 1. The number of rotatable bonds is 4. The molecule has 1 N–H and O–H groups in total. The summed E-state index contributed by atoms with van der Waals surface area (Å²) in [6.07, 6.45) is -7.61. The lowest BCUT2D eigenvalue weighted by molar-refractivity contribution is -0.275. The van der Waals surface area contributed by atoms with Crippen LogP contribution in [0.4, 0.5) is 22.0 Å². The van der Waals surface area contributed by atoms with Crippen LogP contribution in [0.25, 0.3) is 0 Å². The van der Waals surface area contributed by atoms with Crippen molar-refractivity contribution in [2.24, 2.45) is 0 Å². The quantitative estimate of drug-likeness (QED) is 0.856. The molecule has 0 spiro atoms. The number of aliphatic hydroxyl groups is 1. The Morgan fingerprint density at radius 3 is 2.39 bits per heavy atom. The van der Waals surface area contributed by atoms with E-state index in [0.717, 1.165) is 7.11 Å². The van der Waals surface area contributed by atoms with Crippen molar-refractivity contribution in [3.63, 3.8) is 0 Å². The molecular formula is C9H8F5NO3. The molecule has 0 fully saturated rings. The molecule has 4 nitrogen and oxygen atoms in total. The molecule has 0 amide bonds. The summed E-state index contributed by atoms with van der Waals surface area (Å²) in [5.41, 5.74) is -1.40. The lowest BCUT2D eigenvalue weighted by atomic mass is 10.1. The Kier molecular flexibility index (Phi) is 4.28. The SMILES string of the molecule is COc1c(OC(F)(F)F)cnc(C(F)F)c1CO. The number of halogens is 5. The van der Waals surface area contributed by atoms with Crippen LogP contribution in [0.2, 0.25) is 0 Å². The Hall–Kier alpha value is -1.64. The van der Waals surface area contributed by atoms with Gasteiger partial charge in [-0.05, 0) is 0 Å². The highest BCUT2D eigenvalue weighted by atomic mass is 19.4. The number of pyridine rings is 1. The normalized spacial score (nSPS) is 11.8. The first-order valence-corrected chi connectivity index (χ1v) is 4.50. The van der Waals surface area contributed by atoms with Crippen molar-refractivity contribution in [1.82, 2.24) is 4.98 Å². The van der Waals surface area contributed by atoms with Gasteiger partial charge in [0.2, 0.25) is 0 Å². The van der Waals surface area contributed by atoms with E-state index >= 15 is 0 Å². The molecule has 0 aliphatic heterocycles. The summed E-state index contributed by atoms with van der Waals surface area (Å²) in [5.74, 6) is -1.52. The maximum Gasteiger partial charge on any atom is 0.573 e. The molecule has 0 aliphatic carbocycles. The number of methoxy groups -OCH3 is 1. The largest absolute Gasteiger partial charge is 0.573 e. The van der Waals surface area contributed by atoms with Gasteiger partial charge in [-0.3, -0.25) is 4.98 Å². The van der Waals surface area contributed by atoms with Crippen molar-refractivity contribution in [3.8, 4) is 11.5 Å². The van der Waals surface area contributed by atoms with E-state index < -0.39 is 42.2 Å². The second-order valence-corrected chi connectivity index (χ2v) is 3.03. The molecule has 102 valence electrons. The fraction of sp³-hybridized carbons (Fsp3) is 0.444. The molecule has 18 heavy (non-hydrogen) atoms. The van der Waals surface area contributed by atoms with Gasteiger partial charge in [-0.15, -0.1) is 13.2 Å². The van der Waals surface area contributed by atoms with Crippen LogP contribution in [0, 0.1) is 0 Å². The molecule has 1 aromatic heterocycles. The number of hydrogen-bond acceptors (Lipinski definition) is 4. The smallest absolute Gasteiger partial charge is 0.492 e. The van der Waals surface area contributed by atoms with Crippen molar-refractivity contribution in [1.29, 1.82) is 0 Å². The van der Waals surface area contributed by atoms with Crippen molar-refractivity contribution < 1.29 is 36.5 Å². The fourth-order valence-electron chi connectivity index (χ4n) is 1.29. The van der Waals surface area contributed by atoms with Crippen molar-refractivity contribution >= 4 is 0 Å². The molecule has 1 rings (SSSR count). The number of hydrogen-bond donors (Lipinski definition) is 1. The van der Waals surface area contributed by atoms with E-state index in [1.807, 2.05) is 0 Å². The van der Waals surface area contributed by atoms with Crippen molar-refractivity contribution in [2.45, 2.75) is 19.4 Å². The second kappa shape index (κ2) is 5.34. The summed E-state index contributed by atoms with van der Waals surface area (Å²) in [5, 5.41) is 8.91. The zero-order valence-electron chi connectivity index (χ0n) is 8.96. The van der Waals surface area contributed by atoms with Crippen LogP contribution < -0.4 is 9.47 Å². The highest BCUT2D eigenvalue weighted by Crippen LogP contribution is 2.38. The van der Waals surface area contributed by atoms with E-state index in [4.69, 9.17) is 5.11 Å². The minimum absolute atomic E-state index is 0.465. The maximum atomic E-state index is 12.5. The third-order valence-electron chi connectivity index (χ3n) is 1.92. The van der Waals surface area contributed by atoms with Gasteiger partial charge in [0, 0.05) is 0 Å². The van der Waals surface area contributed by atoms with E-state index in [0.29, 0.717) is 6.20 Å². The summed E-state index contributed by atoms with van der Waals surface area (Å²) < 4.78 is 69.2. The predicted molar refractivity (Wildman–Crippen MR) is 48.4 cm³/mol. The van der Waals surface area contributed by atoms with Gasteiger partial charge in [-0.2, -0.15) is 0 Å². The molecule has 0 saturated carbocycles. The molecule has 0 aromatic carbocycles. The van der Waals surface area contributed by atoms with E-state index in [1.165, 1.54) is 0 Å². The molecular weight excluding hydrogens is 265 g/mol. The summed E-state index contributed by atoms with van der Waals surface area (Å²) >= 11 is 0. The molecule has 0 atom stereocenters. The van der Waals surface area contributed by atoms with E-state index in [1.54, 1.807) is 0 Å². The molecule has 0 saturated heterocycles. The minimum Gasteiger partial charge on any atom is -0.492 e. The van der Waals surface area contributed by atoms with Crippen LogP contribution in [-0.4, -0.2) is 23.6 Å². The lowest BCUT2D eigenvalue weighted by Crippen LogP contribution is -2.18. The molecule has 1 aromatic rings. The second-order valence-electron chi connectivity index (χ2n) is 3.03. The van der Waals surface area contributed by atoms with Crippen molar-refractivity contribution in [3.05, 3.63) is 17.5 Å². The third kappa shape index (κ3) is 3.19. The Morgan fingerprint density at radius 1 is 1.39 bits per heavy atom. The molecule has 0 unspecified atom stereocenters. The number of nitrogens with zero attached hydrogens (tertiary/aromatic N) is 1. The average Bonchev–Trinajstić information content (AvgIpc) is 2.25. The Balaban J connectivity index is 3.30. The monoisotopic (exact) mass is 273 g/mol. The first kappa shape index (κ1) is 14.4. The van der Waals surface area contributed by atoms with Crippen molar-refractivity contribution in [2.75, 3.05) is 7.11 Å². The standard InChI is InChI=1S/C9H8F5NO3/c1-17-7-4(3-16)6(8(10)11)15-2-5(7)18-9(12,13)14/h2,8,16H,3H2,1H3. The maximum absolute atomic E-state index is 12.5. The average molecular weight is 273 g/mol. The zero-order chi connectivity index (χ0) is 13.9. The first-order valence-electron chi connectivity index (χ1n) is 4.50. The summed E-state index contributed by atoms with van der Waals surface area (Å²) in [6.45, 7) is -0.953. The van der Waals surface area contributed by atoms with Gasteiger partial charge < -0.3 is 14.6 Å². The van der Waals surface area contributed by atoms with Gasteiger partial charge in [0.25, 0.3) is 6.43 Å². The Labute approximate surface area is 98.0 Å². The van der Waals surface area contributed by atoms with E-state index in [2.05, 4.69) is 14.5 Å². The van der Waals surface area contributed by atoms with Crippen LogP contribution in [0.1, 0.15) is 17.7 Å². The van der Waals surface area contributed by atoms with E-state index in [-0.39, 0.29) is 0 Å².